The van der Waals surface area contributed by atoms with Crippen molar-refractivity contribution in [2.45, 2.75) is 90.6 Å². The van der Waals surface area contributed by atoms with E-state index in [1.165, 1.54) is 62.5 Å². The van der Waals surface area contributed by atoms with Gasteiger partial charge in [-0.05, 0) is 60.4 Å². The average molecular weight is 490 g/mol. The predicted molar refractivity (Wildman–Crippen MR) is 143 cm³/mol. The SMILES string of the molecule is C=CCCCCCCCCCCc1ccc(COC(=O)Cc2cccc3c2C(=O)NC3=O)cc1CC. The van der Waals surface area contributed by atoms with E-state index in [0.717, 1.165) is 24.8 Å². The molecule has 0 spiro atoms. The second kappa shape index (κ2) is 14.4. The van der Waals surface area contributed by atoms with Crippen LogP contribution in [0.25, 0.3) is 0 Å². The minimum Gasteiger partial charge on any atom is -0.461 e. The van der Waals surface area contributed by atoms with Crippen LogP contribution in [0.4, 0.5) is 0 Å². The fourth-order valence-electron chi connectivity index (χ4n) is 4.81. The van der Waals surface area contributed by atoms with Crippen molar-refractivity contribution in [2.24, 2.45) is 0 Å². The van der Waals surface area contributed by atoms with Crippen LogP contribution in [0.15, 0.2) is 49.1 Å². The molecule has 1 aliphatic rings. The number of carbonyl (C=O) groups is 3. The lowest BCUT2D eigenvalue weighted by atomic mass is 9.97. The molecule has 5 nitrogen and oxygen atoms in total. The van der Waals surface area contributed by atoms with Crippen LogP contribution in [0.3, 0.4) is 0 Å². The van der Waals surface area contributed by atoms with Crippen LogP contribution in [-0.2, 0) is 35.4 Å². The van der Waals surface area contributed by atoms with Gasteiger partial charge in [0.25, 0.3) is 11.8 Å². The maximum Gasteiger partial charge on any atom is 0.310 e. The molecule has 0 aliphatic carbocycles. The van der Waals surface area contributed by atoms with E-state index in [2.05, 4.69) is 31.0 Å². The molecule has 1 N–H and O–H groups in total. The van der Waals surface area contributed by atoms with Crippen LogP contribution < -0.4 is 5.32 Å². The molecule has 2 amide bonds. The number of unbranched alkanes of at least 4 members (excludes halogenated alkanes) is 8. The Morgan fingerprint density at radius 1 is 0.889 bits per heavy atom. The van der Waals surface area contributed by atoms with Crippen LogP contribution >= 0.6 is 0 Å². The quantitative estimate of drug-likeness (QED) is 0.124. The van der Waals surface area contributed by atoms with Gasteiger partial charge in [0.2, 0.25) is 0 Å². The standard InChI is InChI=1S/C31H39NO4/c1-3-5-6-7-8-9-10-11-12-13-15-25-19-18-23(20-24(25)4-2)22-36-28(33)21-26-16-14-17-27-29(26)31(35)32-30(27)34/h3,14,16-20H,1,4-13,15,21-22H2,2H3,(H,32,34,35). The van der Waals surface area contributed by atoms with Gasteiger partial charge in [0, 0.05) is 0 Å². The molecule has 1 aliphatic heterocycles. The van der Waals surface area contributed by atoms with Crippen molar-refractivity contribution in [3.05, 3.63) is 82.4 Å². The second-order valence-corrected chi connectivity index (χ2v) is 9.57. The number of esters is 1. The summed E-state index contributed by atoms with van der Waals surface area (Å²) in [6.45, 7) is 6.12. The van der Waals surface area contributed by atoms with Crippen molar-refractivity contribution in [2.75, 3.05) is 0 Å². The van der Waals surface area contributed by atoms with Gasteiger partial charge in [0.05, 0.1) is 17.5 Å². The zero-order valence-corrected chi connectivity index (χ0v) is 21.6. The number of ether oxygens (including phenoxy) is 1. The summed E-state index contributed by atoms with van der Waals surface area (Å²) in [5.74, 6) is -1.30. The number of rotatable bonds is 16. The Kier molecular flexibility index (Phi) is 10.9. The van der Waals surface area contributed by atoms with Crippen molar-refractivity contribution in [1.82, 2.24) is 5.32 Å². The Balaban J connectivity index is 1.41. The Bertz CT molecular complexity index is 1070. The van der Waals surface area contributed by atoms with Gasteiger partial charge >= 0.3 is 5.97 Å². The number of carbonyl (C=O) groups excluding carboxylic acids is 3. The summed E-state index contributed by atoms with van der Waals surface area (Å²) in [4.78, 5) is 36.4. The lowest BCUT2D eigenvalue weighted by molar-refractivity contribution is -0.144. The van der Waals surface area contributed by atoms with E-state index >= 15 is 0 Å². The molecule has 3 rings (SSSR count). The summed E-state index contributed by atoms with van der Waals surface area (Å²) >= 11 is 0. The fourth-order valence-corrected chi connectivity index (χ4v) is 4.81. The molecule has 0 aromatic heterocycles. The van der Waals surface area contributed by atoms with Crippen LogP contribution in [-0.4, -0.2) is 17.8 Å². The van der Waals surface area contributed by atoms with Crippen LogP contribution in [0.5, 0.6) is 0 Å². The lowest BCUT2D eigenvalue weighted by Gasteiger charge is -2.12. The highest BCUT2D eigenvalue weighted by molar-refractivity contribution is 6.22. The van der Waals surface area contributed by atoms with Crippen molar-refractivity contribution in [3.8, 4) is 0 Å². The van der Waals surface area contributed by atoms with Gasteiger partial charge in [-0.1, -0.05) is 81.9 Å². The number of aryl methyl sites for hydroxylation is 2. The van der Waals surface area contributed by atoms with E-state index in [1.54, 1.807) is 18.2 Å². The molecule has 0 saturated carbocycles. The molecular formula is C31H39NO4. The molecule has 5 heteroatoms. The van der Waals surface area contributed by atoms with Gasteiger partial charge in [-0.3, -0.25) is 19.7 Å². The molecule has 0 atom stereocenters. The first-order chi connectivity index (χ1) is 17.5. The number of hydrogen-bond donors (Lipinski definition) is 1. The van der Waals surface area contributed by atoms with Crippen molar-refractivity contribution in [3.63, 3.8) is 0 Å². The number of hydrogen-bond acceptors (Lipinski definition) is 4. The zero-order chi connectivity index (χ0) is 25.8. The third kappa shape index (κ3) is 7.91. The number of fused-ring (bicyclic) bond motifs is 1. The molecular weight excluding hydrogens is 450 g/mol. The van der Waals surface area contributed by atoms with E-state index in [9.17, 15) is 14.4 Å². The van der Waals surface area contributed by atoms with Crippen LogP contribution in [0, 0.1) is 0 Å². The summed E-state index contributed by atoms with van der Waals surface area (Å²) in [5.41, 5.74) is 4.76. The number of imide groups is 1. The molecule has 0 unspecified atom stereocenters. The molecule has 1 heterocycles. The first-order valence-electron chi connectivity index (χ1n) is 13.4. The molecule has 192 valence electrons. The highest BCUT2D eigenvalue weighted by Crippen LogP contribution is 2.22. The van der Waals surface area contributed by atoms with Gasteiger partial charge in [0.15, 0.2) is 0 Å². The maximum atomic E-state index is 12.5. The first-order valence-corrected chi connectivity index (χ1v) is 13.4. The molecule has 0 radical (unpaired) electrons. The van der Waals surface area contributed by atoms with Gasteiger partial charge in [-0.2, -0.15) is 0 Å². The summed E-state index contributed by atoms with van der Waals surface area (Å²) in [6.07, 6.45) is 15.5. The lowest BCUT2D eigenvalue weighted by Crippen LogP contribution is -2.20. The molecule has 0 fully saturated rings. The Morgan fingerprint density at radius 2 is 1.61 bits per heavy atom. The van der Waals surface area contributed by atoms with Crippen molar-refractivity contribution in [1.29, 1.82) is 0 Å². The Labute approximate surface area is 215 Å². The zero-order valence-electron chi connectivity index (χ0n) is 21.6. The second-order valence-electron chi connectivity index (χ2n) is 9.57. The van der Waals surface area contributed by atoms with Crippen molar-refractivity contribution < 1.29 is 19.1 Å². The first kappa shape index (κ1) is 27.4. The molecule has 0 bridgehead atoms. The monoisotopic (exact) mass is 489 g/mol. The Hall–Kier alpha value is -3.21. The number of benzene rings is 2. The van der Waals surface area contributed by atoms with E-state index in [-0.39, 0.29) is 18.6 Å². The van der Waals surface area contributed by atoms with Gasteiger partial charge in [0.1, 0.15) is 6.61 Å². The van der Waals surface area contributed by atoms with Crippen LogP contribution in [0.2, 0.25) is 0 Å². The topological polar surface area (TPSA) is 72.5 Å². The maximum absolute atomic E-state index is 12.5. The van der Waals surface area contributed by atoms with E-state index < -0.39 is 17.8 Å². The summed E-state index contributed by atoms with van der Waals surface area (Å²) in [5, 5.41) is 2.27. The number of allylic oxidation sites excluding steroid dienone is 1. The molecule has 2 aromatic carbocycles. The van der Waals surface area contributed by atoms with Crippen molar-refractivity contribution >= 4 is 17.8 Å². The third-order valence-corrected chi connectivity index (χ3v) is 6.84. The molecule has 36 heavy (non-hydrogen) atoms. The molecule has 0 saturated heterocycles. The fraction of sp³-hybridized carbons (Fsp3) is 0.452. The van der Waals surface area contributed by atoms with Gasteiger partial charge in [-0.25, -0.2) is 0 Å². The minimum absolute atomic E-state index is 0.0442. The van der Waals surface area contributed by atoms with E-state index in [4.69, 9.17) is 4.74 Å². The molecule has 2 aromatic rings. The van der Waals surface area contributed by atoms with Gasteiger partial charge < -0.3 is 4.74 Å². The Morgan fingerprint density at radius 3 is 2.33 bits per heavy atom. The summed E-state index contributed by atoms with van der Waals surface area (Å²) in [7, 11) is 0. The predicted octanol–water partition coefficient (Wildman–Crippen LogP) is 6.66. The van der Waals surface area contributed by atoms with Crippen LogP contribution in [0.1, 0.15) is 108 Å². The third-order valence-electron chi connectivity index (χ3n) is 6.84. The normalized spacial score (nSPS) is 12.4. The average Bonchev–Trinajstić information content (AvgIpc) is 3.18. The highest BCUT2D eigenvalue weighted by Gasteiger charge is 2.29. The minimum atomic E-state index is -0.458. The largest absolute Gasteiger partial charge is 0.461 e. The summed E-state index contributed by atoms with van der Waals surface area (Å²) in [6, 6.07) is 11.3. The summed E-state index contributed by atoms with van der Waals surface area (Å²) < 4.78 is 5.50. The highest BCUT2D eigenvalue weighted by atomic mass is 16.5. The van der Waals surface area contributed by atoms with E-state index in [0.29, 0.717) is 11.1 Å². The number of nitrogens with one attached hydrogen (secondary N) is 1. The number of amides is 2. The van der Waals surface area contributed by atoms with E-state index in [1.807, 2.05) is 12.1 Å². The van der Waals surface area contributed by atoms with Gasteiger partial charge in [-0.15, -0.1) is 6.58 Å². The smallest absolute Gasteiger partial charge is 0.310 e.